The maximum absolute atomic E-state index is 2.48. The van der Waals surface area contributed by atoms with E-state index >= 15 is 0 Å². The Bertz CT molecular complexity index is 2200. The van der Waals surface area contributed by atoms with Crippen LogP contribution < -0.4 is 0 Å². The molecule has 0 heteroatoms. The van der Waals surface area contributed by atoms with Crippen molar-refractivity contribution in [1.29, 1.82) is 0 Å². The second kappa shape index (κ2) is 9.16. The first-order valence-electron chi connectivity index (χ1n) is 14.9. The lowest BCUT2D eigenvalue weighted by molar-refractivity contribution is 0.671. The second-order valence-corrected chi connectivity index (χ2v) is 11.6. The maximum Gasteiger partial charge on any atom is 0.0199 e. The maximum atomic E-state index is 2.48. The van der Waals surface area contributed by atoms with Gasteiger partial charge in [-0.1, -0.05) is 152 Å². The average Bonchev–Trinajstić information content (AvgIpc) is 3.06. The summed E-state index contributed by atoms with van der Waals surface area (Å²) in [6.07, 6.45) is 9.37. The third-order valence-electron chi connectivity index (χ3n) is 9.41. The van der Waals surface area contributed by atoms with Crippen molar-refractivity contribution < 1.29 is 0 Å². The van der Waals surface area contributed by atoms with Crippen LogP contribution in [0.4, 0.5) is 0 Å². The highest BCUT2D eigenvalue weighted by Gasteiger charge is 2.30. The van der Waals surface area contributed by atoms with Gasteiger partial charge in [-0.2, -0.15) is 0 Å². The number of hydrogen-bond acceptors (Lipinski definition) is 0. The van der Waals surface area contributed by atoms with E-state index in [1.807, 2.05) is 0 Å². The lowest BCUT2D eigenvalue weighted by Crippen LogP contribution is -2.18. The van der Waals surface area contributed by atoms with Gasteiger partial charge in [0.25, 0.3) is 0 Å². The highest BCUT2D eigenvalue weighted by Crippen LogP contribution is 2.48. The molecule has 9 rings (SSSR count). The largest absolute Gasteiger partial charge is 0.0761 e. The molecule has 0 amide bonds. The molecule has 0 radical (unpaired) electrons. The molecule has 7 aromatic rings. The molecule has 2 atom stereocenters. The van der Waals surface area contributed by atoms with Crippen LogP contribution in [0.5, 0.6) is 0 Å². The van der Waals surface area contributed by atoms with E-state index in [-0.39, 0.29) is 0 Å². The van der Waals surface area contributed by atoms with E-state index in [1.165, 1.54) is 76.8 Å². The van der Waals surface area contributed by atoms with Gasteiger partial charge >= 0.3 is 0 Å². The molecule has 2 aliphatic carbocycles. The molecule has 196 valence electrons. The minimum absolute atomic E-state index is 0.332. The highest BCUT2D eigenvalue weighted by molar-refractivity contribution is 6.23. The van der Waals surface area contributed by atoms with Crippen LogP contribution in [0.15, 0.2) is 146 Å². The molecule has 0 N–H and O–H groups in total. The van der Waals surface area contributed by atoms with E-state index < -0.39 is 0 Å². The molecule has 7 aromatic carbocycles. The third kappa shape index (κ3) is 3.42. The number of hydrogen-bond donors (Lipinski definition) is 0. The van der Waals surface area contributed by atoms with Crippen molar-refractivity contribution in [2.24, 2.45) is 5.92 Å². The first-order valence-corrected chi connectivity index (χ1v) is 14.9. The summed E-state index contributed by atoms with van der Waals surface area (Å²) in [5.74, 6) is 0.712. The Balaban J connectivity index is 1.34. The van der Waals surface area contributed by atoms with Crippen LogP contribution in [0.2, 0.25) is 0 Å². The molecule has 0 nitrogen and oxygen atoms in total. The lowest BCUT2D eigenvalue weighted by atomic mass is 9.71. The topological polar surface area (TPSA) is 0 Å². The molecule has 0 heterocycles. The SMILES string of the molecule is C1=CC2C=Cc3ccc(-c4c5ccccc5c(-c5cccc6ccccc56)c5ccccc45)cc3C2c2ccccc21. The minimum atomic E-state index is 0.332. The minimum Gasteiger partial charge on any atom is -0.0761 e. The van der Waals surface area contributed by atoms with E-state index in [9.17, 15) is 0 Å². The Morgan fingerprint density at radius 2 is 0.976 bits per heavy atom. The van der Waals surface area contributed by atoms with E-state index in [4.69, 9.17) is 0 Å². The van der Waals surface area contributed by atoms with Crippen LogP contribution in [-0.4, -0.2) is 0 Å². The number of fused-ring (bicyclic) bond motifs is 8. The summed E-state index contributed by atoms with van der Waals surface area (Å²) in [7, 11) is 0. The molecular formula is C42H28. The van der Waals surface area contributed by atoms with E-state index in [0.29, 0.717) is 11.8 Å². The number of benzene rings is 7. The molecule has 2 unspecified atom stereocenters. The van der Waals surface area contributed by atoms with Gasteiger partial charge in [-0.25, -0.2) is 0 Å². The summed E-state index contributed by atoms with van der Waals surface area (Å²) in [6, 6.07) is 49.5. The highest BCUT2D eigenvalue weighted by atomic mass is 14.3. The third-order valence-corrected chi connectivity index (χ3v) is 9.41. The van der Waals surface area contributed by atoms with Crippen LogP contribution in [-0.2, 0) is 0 Å². The summed E-state index contributed by atoms with van der Waals surface area (Å²) >= 11 is 0. The molecular weight excluding hydrogens is 504 g/mol. The quantitative estimate of drug-likeness (QED) is 0.194. The summed E-state index contributed by atoms with van der Waals surface area (Å²) in [5, 5.41) is 7.75. The first kappa shape index (κ1) is 23.5. The number of rotatable bonds is 2. The van der Waals surface area contributed by atoms with Gasteiger partial charge in [0.1, 0.15) is 0 Å². The number of allylic oxidation sites excluding steroid dienone is 2. The summed E-state index contributed by atoms with van der Waals surface area (Å²) in [5.41, 5.74) is 10.7. The predicted molar refractivity (Wildman–Crippen MR) is 180 cm³/mol. The van der Waals surface area contributed by atoms with Crippen LogP contribution in [0.25, 0.3) is 66.7 Å². The first-order chi connectivity index (χ1) is 20.8. The van der Waals surface area contributed by atoms with Gasteiger partial charge in [0.2, 0.25) is 0 Å². The fourth-order valence-electron chi connectivity index (χ4n) is 7.57. The Hall–Kier alpha value is -5.20. The fourth-order valence-corrected chi connectivity index (χ4v) is 7.57. The van der Waals surface area contributed by atoms with Crippen molar-refractivity contribution in [2.45, 2.75) is 5.92 Å². The molecule has 0 saturated carbocycles. The van der Waals surface area contributed by atoms with Crippen LogP contribution in [0, 0.1) is 5.92 Å². The Kier molecular flexibility index (Phi) is 5.12. The Labute approximate surface area is 245 Å². The summed E-state index contributed by atoms with van der Waals surface area (Å²) in [4.78, 5) is 0. The second-order valence-electron chi connectivity index (χ2n) is 11.6. The molecule has 0 saturated heterocycles. The van der Waals surface area contributed by atoms with Crippen molar-refractivity contribution in [3.05, 3.63) is 168 Å². The van der Waals surface area contributed by atoms with Crippen LogP contribution in [0.1, 0.15) is 28.2 Å². The van der Waals surface area contributed by atoms with Crippen LogP contribution >= 0.6 is 0 Å². The van der Waals surface area contributed by atoms with E-state index in [2.05, 4.69) is 158 Å². The van der Waals surface area contributed by atoms with Gasteiger partial charge in [-0.3, -0.25) is 0 Å². The van der Waals surface area contributed by atoms with Crippen molar-refractivity contribution in [2.75, 3.05) is 0 Å². The van der Waals surface area contributed by atoms with E-state index in [1.54, 1.807) is 0 Å². The zero-order valence-corrected chi connectivity index (χ0v) is 23.2. The van der Waals surface area contributed by atoms with Crippen LogP contribution in [0.3, 0.4) is 0 Å². The zero-order chi connectivity index (χ0) is 27.6. The van der Waals surface area contributed by atoms with Crippen molar-refractivity contribution >= 4 is 44.5 Å². The van der Waals surface area contributed by atoms with Crippen molar-refractivity contribution in [3.8, 4) is 22.3 Å². The predicted octanol–water partition coefficient (Wildman–Crippen LogP) is 11.3. The molecule has 2 aliphatic rings. The lowest BCUT2D eigenvalue weighted by Gasteiger charge is -2.33. The normalized spacial score (nSPS) is 16.9. The molecule has 0 fully saturated rings. The molecule has 0 bridgehead atoms. The van der Waals surface area contributed by atoms with Gasteiger partial charge < -0.3 is 0 Å². The average molecular weight is 533 g/mol. The summed E-state index contributed by atoms with van der Waals surface area (Å²) < 4.78 is 0. The molecule has 0 aliphatic heterocycles. The molecule has 0 spiro atoms. The Morgan fingerprint density at radius 1 is 0.405 bits per heavy atom. The zero-order valence-electron chi connectivity index (χ0n) is 23.2. The van der Waals surface area contributed by atoms with Crippen molar-refractivity contribution in [1.82, 2.24) is 0 Å². The van der Waals surface area contributed by atoms with E-state index in [0.717, 1.165) is 0 Å². The standard InChI is InChI=1S/C42H28/c1-3-13-32-27(10-1)12-9-19-34(32)42-37-17-7-5-15-35(37)41(36-16-6-8-18-38(36)42)31-25-22-29-21-24-30-23-20-28-11-2-4-14-33(28)40(30)39(29)26-31/h1-26,30,40H. The van der Waals surface area contributed by atoms with Gasteiger partial charge in [-0.15, -0.1) is 0 Å². The van der Waals surface area contributed by atoms with Gasteiger partial charge in [-0.05, 0) is 82.9 Å². The van der Waals surface area contributed by atoms with Gasteiger partial charge in [0.05, 0.1) is 0 Å². The fraction of sp³-hybridized carbons (Fsp3) is 0.0476. The van der Waals surface area contributed by atoms with Gasteiger partial charge in [0, 0.05) is 11.8 Å². The van der Waals surface area contributed by atoms with Gasteiger partial charge in [0.15, 0.2) is 0 Å². The monoisotopic (exact) mass is 532 g/mol. The molecule has 0 aromatic heterocycles. The smallest absolute Gasteiger partial charge is 0.0199 e. The molecule has 42 heavy (non-hydrogen) atoms. The van der Waals surface area contributed by atoms with Crippen molar-refractivity contribution in [3.63, 3.8) is 0 Å². The Morgan fingerprint density at radius 3 is 1.71 bits per heavy atom. The summed E-state index contributed by atoms with van der Waals surface area (Å²) in [6.45, 7) is 0.